The summed E-state index contributed by atoms with van der Waals surface area (Å²) < 4.78 is 21.7. The zero-order valence-corrected chi connectivity index (χ0v) is 36.4. The first-order valence-electron chi connectivity index (χ1n) is 20.3. The average molecular weight is 888 g/mol. The van der Waals surface area contributed by atoms with E-state index in [4.69, 9.17) is 33.7 Å². The molecule has 5 N–H and O–H groups in total. The Kier molecular flexibility index (Phi) is 13.0. The molecule has 0 spiro atoms. The molecular weight excluding hydrogens is 838 g/mol. The molecular formula is C44H49Cl2FN10O5. The molecule has 15 nitrogen and oxygen atoms in total. The lowest BCUT2D eigenvalue weighted by Gasteiger charge is -2.41. The lowest BCUT2D eigenvalue weighted by atomic mass is 9.98. The number of aromatic hydroxyl groups is 2. The summed E-state index contributed by atoms with van der Waals surface area (Å²) >= 11 is 12.5. The largest absolute Gasteiger partial charge is 0.508 e. The van der Waals surface area contributed by atoms with Gasteiger partial charge in [-0.25, -0.2) is 28.6 Å². The molecule has 18 heteroatoms. The number of aromatic amines is 1. The van der Waals surface area contributed by atoms with E-state index in [1.807, 2.05) is 66.0 Å². The highest BCUT2D eigenvalue weighted by atomic mass is 35.5. The van der Waals surface area contributed by atoms with Gasteiger partial charge in [0.1, 0.15) is 23.4 Å². The van der Waals surface area contributed by atoms with Crippen LogP contribution in [-0.4, -0.2) is 103 Å². The second kappa shape index (κ2) is 18.4. The number of phenolic OH excluding ortho intramolecular Hbond substituents is 2. The molecule has 0 aliphatic carbocycles. The Morgan fingerprint density at radius 1 is 1.00 bits per heavy atom. The van der Waals surface area contributed by atoms with E-state index in [1.54, 1.807) is 25.3 Å². The number of rotatable bonds is 11. The minimum atomic E-state index is -0.719. The standard InChI is InChI=1S/C44H49Cl2FN10O5/c1-25(2)32-21-33(37(59)22-36(32)58)42-51-52-43(60)57(42)31-8-6-29(7-9-31)53-16-18-55(19-17-53)44(61)54-14-12-30(13-15-54)56(49-5)24-26(3)28-20-38(41(48)50-23-28)62-27(4)39-34(45)10-11-35(47)40(39)46/h6-11,20-25,27,30,58-59H,5,12-19H2,1-4H3,(H2,48,50)(H,52,60)/b26-24+/t27-/m1/s1. The van der Waals surface area contributed by atoms with Gasteiger partial charge in [-0.15, -0.1) is 0 Å². The van der Waals surface area contributed by atoms with Gasteiger partial charge in [-0.3, -0.25) is 5.01 Å². The van der Waals surface area contributed by atoms with Crippen LogP contribution < -0.4 is 21.1 Å². The van der Waals surface area contributed by atoms with Gasteiger partial charge in [-0.2, -0.15) is 10.2 Å². The molecule has 0 radical (unpaired) electrons. The molecule has 2 saturated heterocycles. The molecule has 4 heterocycles. The molecule has 0 bridgehead atoms. The number of carbonyl (C=O) groups excluding carboxylic acids is 1. The van der Waals surface area contributed by atoms with Crippen LogP contribution in [0.4, 0.5) is 20.7 Å². The molecule has 2 amide bonds. The molecule has 326 valence electrons. The average Bonchev–Trinajstić information content (AvgIpc) is 3.65. The smallest absolute Gasteiger partial charge is 0.348 e. The number of halogens is 3. The Morgan fingerprint density at radius 3 is 2.32 bits per heavy atom. The molecule has 1 atom stereocenters. The number of piperidine rings is 1. The van der Waals surface area contributed by atoms with Crippen molar-refractivity contribution in [3.63, 3.8) is 0 Å². The van der Waals surface area contributed by atoms with Gasteiger partial charge in [-0.1, -0.05) is 37.0 Å². The Morgan fingerprint density at radius 2 is 1.66 bits per heavy atom. The number of urea groups is 1. The van der Waals surface area contributed by atoms with Crippen molar-refractivity contribution in [1.82, 2.24) is 34.6 Å². The number of amides is 2. The minimum Gasteiger partial charge on any atom is -0.508 e. The fourth-order valence-corrected chi connectivity index (χ4v) is 8.59. The van der Waals surface area contributed by atoms with Gasteiger partial charge in [0.15, 0.2) is 17.4 Å². The number of nitrogens with zero attached hydrogens (tertiary/aromatic N) is 8. The van der Waals surface area contributed by atoms with Gasteiger partial charge in [0, 0.05) is 86.3 Å². The number of piperazine rings is 1. The first-order chi connectivity index (χ1) is 29.6. The SMILES string of the molecule is C=NN(/C=C(\C)c1cnc(N)c(O[C@H](C)c2c(Cl)ccc(F)c2Cl)c1)C1CCN(C(=O)N2CCN(c3ccc(-n4c(-c5cc(C(C)C)c(O)cc5O)n[nH]c4=O)cc3)CC2)CC1. The summed E-state index contributed by atoms with van der Waals surface area (Å²) in [7, 11) is 0. The van der Waals surface area contributed by atoms with Gasteiger partial charge in [0.2, 0.25) is 0 Å². The van der Waals surface area contributed by atoms with Crippen molar-refractivity contribution < 1.29 is 24.1 Å². The number of hydrogen-bond donors (Lipinski definition) is 4. The van der Waals surface area contributed by atoms with Crippen molar-refractivity contribution in [3.8, 4) is 34.3 Å². The van der Waals surface area contributed by atoms with Crippen LogP contribution in [0.15, 0.2) is 76.9 Å². The summed E-state index contributed by atoms with van der Waals surface area (Å²) in [6.45, 7) is 14.8. The summed E-state index contributed by atoms with van der Waals surface area (Å²) in [5.74, 6) is -0.181. The first-order valence-corrected chi connectivity index (χ1v) is 21.0. The highest BCUT2D eigenvalue weighted by Crippen LogP contribution is 2.39. The van der Waals surface area contributed by atoms with Crippen LogP contribution in [-0.2, 0) is 0 Å². The Balaban J connectivity index is 0.933. The van der Waals surface area contributed by atoms with Gasteiger partial charge in [0.25, 0.3) is 0 Å². The van der Waals surface area contributed by atoms with Crippen molar-refractivity contribution >= 4 is 53.0 Å². The number of anilines is 2. The van der Waals surface area contributed by atoms with Gasteiger partial charge in [-0.05, 0) is 92.3 Å². The second-order valence-electron chi connectivity index (χ2n) is 15.7. The maximum atomic E-state index is 14.2. The number of H-pyrrole nitrogens is 1. The lowest BCUT2D eigenvalue weighted by molar-refractivity contribution is 0.118. The van der Waals surface area contributed by atoms with Crippen LogP contribution in [0.5, 0.6) is 17.2 Å². The van der Waals surface area contributed by atoms with E-state index >= 15 is 0 Å². The number of hydrogen-bond acceptors (Lipinski definition) is 11. The molecule has 62 heavy (non-hydrogen) atoms. The molecule has 2 fully saturated rings. The summed E-state index contributed by atoms with van der Waals surface area (Å²) in [6, 6.07) is 14.8. The zero-order valence-electron chi connectivity index (χ0n) is 34.9. The van der Waals surface area contributed by atoms with Crippen molar-refractivity contribution in [1.29, 1.82) is 0 Å². The predicted molar refractivity (Wildman–Crippen MR) is 240 cm³/mol. The third-order valence-corrected chi connectivity index (χ3v) is 12.1. The number of nitrogens with two attached hydrogens (primary N) is 1. The van der Waals surface area contributed by atoms with Crippen LogP contribution >= 0.6 is 23.2 Å². The Labute approximate surface area is 368 Å². The summed E-state index contributed by atoms with van der Waals surface area (Å²) in [6.07, 6.45) is 4.18. The Hall–Kier alpha value is -6.26. The van der Waals surface area contributed by atoms with E-state index in [1.165, 1.54) is 22.8 Å². The van der Waals surface area contributed by atoms with Gasteiger partial charge in [0.05, 0.1) is 22.3 Å². The number of hydrazone groups is 1. The monoisotopic (exact) mass is 886 g/mol. The lowest BCUT2D eigenvalue weighted by Crippen LogP contribution is -2.55. The highest BCUT2D eigenvalue weighted by Gasteiger charge is 2.31. The van der Waals surface area contributed by atoms with Crippen LogP contribution in [0.1, 0.15) is 69.2 Å². The van der Waals surface area contributed by atoms with Crippen LogP contribution in [0, 0.1) is 5.82 Å². The van der Waals surface area contributed by atoms with E-state index in [0.717, 1.165) is 16.8 Å². The van der Waals surface area contributed by atoms with Crippen LogP contribution in [0.25, 0.3) is 22.6 Å². The first kappa shape index (κ1) is 43.8. The number of allylic oxidation sites excluding steroid dienone is 1. The molecule has 3 aromatic carbocycles. The molecule has 2 aliphatic heterocycles. The number of aromatic nitrogens is 4. The normalized spacial score (nSPS) is 15.5. The number of phenols is 2. The van der Waals surface area contributed by atoms with Gasteiger partial charge < -0.3 is 35.4 Å². The molecule has 5 aromatic rings. The minimum absolute atomic E-state index is 0.00350. The van der Waals surface area contributed by atoms with Gasteiger partial charge >= 0.3 is 11.7 Å². The molecule has 7 rings (SSSR count). The van der Waals surface area contributed by atoms with E-state index in [-0.39, 0.29) is 56.9 Å². The number of carbonyl (C=O) groups is 1. The van der Waals surface area contributed by atoms with E-state index in [2.05, 4.69) is 31.9 Å². The number of benzene rings is 3. The third kappa shape index (κ3) is 9.02. The summed E-state index contributed by atoms with van der Waals surface area (Å²) in [4.78, 5) is 36.9. The number of ether oxygens (including phenoxy) is 1. The fourth-order valence-electron chi connectivity index (χ4n) is 7.91. The number of pyridine rings is 1. The molecule has 2 aliphatic rings. The fraction of sp³-hybridized carbons (Fsp3) is 0.341. The van der Waals surface area contributed by atoms with Crippen molar-refractivity contribution in [2.45, 2.75) is 58.6 Å². The van der Waals surface area contributed by atoms with Crippen molar-refractivity contribution in [3.05, 3.63) is 110 Å². The number of nitrogen functional groups attached to an aromatic ring is 1. The van der Waals surface area contributed by atoms with Crippen molar-refractivity contribution in [2.75, 3.05) is 49.9 Å². The highest BCUT2D eigenvalue weighted by molar-refractivity contribution is 6.36. The van der Waals surface area contributed by atoms with E-state index in [9.17, 15) is 24.2 Å². The van der Waals surface area contributed by atoms with Crippen molar-refractivity contribution in [2.24, 2.45) is 5.10 Å². The summed E-state index contributed by atoms with van der Waals surface area (Å²) in [5, 5.41) is 33.9. The maximum Gasteiger partial charge on any atom is 0.348 e. The molecule has 0 unspecified atom stereocenters. The third-order valence-electron chi connectivity index (χ3n) is 11.4. The van der Waals surface area contributed by atoms with E-state index in [0.29, 0.717) is 74.5 Å². The predicted octanol–water partition coefficient (Wildman–Crippen LogP) is 8.01. The van der Waals surface area contributed by atoms with Crippen LogP contribution in [0.2, 0.25) is 10.0 Å². The molecule has 2 aromatic heterocycles. The number of nitrogens with one attached hydrogen (secondary N) is 1. The second-order valence-corrected chi connectivity index (χ2v) is 16.5. The summed E-state index contributed by atoms with van der Waals surface area (Å²) in [5.41, 5.74) is 9.99. The molecule has 0 saturated carbocycles. The van der Waals surface area contributed by atoms with E-state index < -0.39 is 17.6 Å². The quantitative estimate of drug-likeness (QED) is 0.0576. The Bertz CT molecular complexity index is 2550. The zero-order chi connectivity index (χ0) is 44.4. The van der Waals surface area contributed by atoms with Crippen LogP contribution in [0.3, 0.4) is 0 Å². The number of likely N-dealkylation sites (tertiary alicyclic amines) is 1. The maximum absolute atomic E-state index is 14.2. The topological polar surface area (TPSA) is 182 Å².